The van der Waals surface area contributed by atoms with E-state index >= 15 is 0 Å². The topological polar surface area (TPSA) is 88.2 Å². The normalized spacial score (nSPS) is 11.2. The van der Waals surface area contributed by atoms with Crippen molar-refractivity contribution in [3.8, 4) is 0 Å². The highest BCUT2D eigenvalue weighted by molar-refractivity contribution is 9.10. The number of hydrogen-bond donors (Lipinski definition) is 2. The Balaban J connectivity index is 1.67. The number of aromatic nitrogens is 1. The number of benzene rings is 2. The molecule has 2 N–H and O–H groups in total. The molecule has 2 aromatic carbocycles. The molecule has 0 fully saturated rings. The molecular formula is C19H18BrN3O3S2. The van der Waals surface area contributed by atoms with Crippen LogP contribution in [0.25, 0.3) is 0 Å². The van der Waals surface area contributed by atoms with Crippen molar-refractivity contribution in [3.63, 3.8) is 0 Å². The lowest BCUT2D eigenvalue weighted by atomic mass is 10.1. The molecule has 1 heterocycles. The van der Waals surface area contributed by atoms with Crippen LogP contribution in [0, 0.1) is 0 Å². The first kappa shape index (κ1) is 20.5. The highest BCUT2D eigenvalue weighted by atomic mass is 79.9. The summed E-state index contributed by atoms with van der Waals surface area (Å²) < 4.78 is 26.8. The van der Waals surface area contributed by atoms with E-state index in [9.17, 15) is 13.2 Å². The van der Waals surface area contributed by atoms with Gasteiger partial charge in [-0.05, 0) is 42.8 Å². The predicted molar refractivity (Wildman–Crippen MR) is 117 cm³/mol. The lowest BCUT2D eigenvalue weighted by Crippen LogP contribution is -2.16. The Hall–Kier alpha value is -2.23. The summed E-state index contributed by atoms with van der Waals surface area (Å²) in [4.78, 5) is 17.8. The summed E-state index contributed by atoms with van der Waals surface area (Å²) in [6, 6.07) is 14.4. The van der Waals surface area contributed by atoms with Crippen LogP contribution >= 0.6 is 27.3 Å². The lowest BCUT2D eigenvalue weighted by molar-refractivity contribution is 0.102. The third-order valence-electron chi connectivity index (χ3n) is 3.84. The SMILES string of the molecule is CCS(=O)(=O)Nc1cccc(C(=O)Nc2ncc(Cc3ccc(Br)cc3)s2)c1. The van der Waals surface area contributed by atoms with Crippen LogP contribution in [0.2, 0.25) is 0 Å². The zero-order chi connectivity index (χ0) is 20.1. The Labute approximate surface area is 176 Å². The number of nitrogens with one attached hydrogen (secondary N) is 2. The van der Waals surface area contributed by atoms with Crippen LogP contribution in [0.3, 0.4) is 0 Å². The molecule has 0 unspecified atom stereocenters. The van der Waals surface area contributed by atoms with Crippen LogP contribution in [0.15, 0.2) is 59.2 Å². The van der Waals surface area contributed by atoms with Gasteiger partial charge in [-0.15, -0.1) is 11.3 Å². The molecule has 1 aromatic heterocycles. The van der Waals surface area contributed by atoms with Crippen LogP contribution in [0.1, 0.15) is 27.7 Å². The van der Waals surface area contributed by atoms with Gasteiger partial charge >= 0.3 is 0 Å². The average Bonchev–Trinajstić information content (AvgIpc) is 3.10. The average molecular weight is 480 g/mol. The molecule has 0 spiro atoms. The first-order valence-electron chi connectivity index (χ1n) is 8.45. The van der Waals surface area contributed by atoms with Gasteiger partial charge in [0.2, 0.25) is 10.0 Å². The van der Waals surface area contributed by atoms with Crippen molar-refractivity contribution in [1.82, 2.24) is 4.98 Å². The van der Waals surface area contributed by atoms with Crippen LogP contribution in [-0.2, 0) is 16.4 Å². The van der Waals surface area contributed by atoms with E-state index in [1.54, 1.807) is 31.3 Å². The number of thiazole rings is 1. The minimum absolute atomic E-state index is 0.0380. The van der Waals surface area contributed by atoms with E-state index in [1.165, 1.54) is 17.4 Å². The first-order chi connectivity index (χ1) is 13.3. The molecule has 1 amide bonds. The maximum Gasteiger partial charge on any atom is 0.257 e. The maximum atomic E-state index is 12.5. The van der Waals surface area contributed by atoms with Crippen LogP contribution in [-0.4, -0.2) is 25.1 Å². The van der Waals surface area contributed by atoms with Crippen molar-refractivity contribution in [3.05, 3.63) is 75.2 Å². The Morgan fingerprint density at radius 2 is 1.93 bits per heavy atom. The number of carbonyl (C=O) groups is 1. The second-order valence-corrected chi connectivity index (χ2v) is 10.0. The monoisotopic (exact) mass is 479 g/mol. The van der Waals surface area contributed by atoms with Gasteiger partial charge in [0.1, 0.15) is 0 Å². The Morgan fingerprint density at radius 1 is 1.18 bits per heavy atom. The van der Waals surface area contributed by atoms with E-state index in [0.29, 0.717) is 16.4 Å². The Kier molecular flexibility index (Phi) is 6.48. The van der Waals surface area contributed by atoms with E-state index in [-0.39, 0.29) is 11.7 Å². The minimum Gasteiger partial charge on any atom is -0.298 e. The number of rotatable bonds is 7. The summed E-state index contributed by atoms with van der Waals surface area (Å²) in [5.41, 5.74) is 1.85. The fraction of sp³-hybridized carbons (Fsp3) is 0.158. The van der Waals surface area contributed by atoms with Crippen molar-refractivity contribution >= 4 is 54.0 Å². The van der Waals surface area contributed by atoms with Crippen molar-refractivity contribution in [2.45, 2.75) is 13.3 Å². The smallest absolute Gasteiger partial charge is 0.257 e. The second-order valence-electron chi connectivity index (χ2n) is 5.98. The van der Waals surface area contributed by atoms with Crippen LogP contribution < -0.4 is 10.0 Å². The van der Waals surface area contributed by atoms with E-state index in [1.807, 2.05) is 24.3 Å². The Morgan fingerprint density at radius 3 is 2.64 bits per heavy atom. The first-order valence-corrected chi connectivity index (χ1v) is 11.7. The molecule has 0 aliphatic heterocycles. The quantitative estimate of drug-likeness (QED) is 0.521. The van der Waals surface area contributed by atoms with E-state index in [0.717, 1.165) is 21.3 Å². The highest BCUT2D eigenvalue weighted by Gasteiger charge is 2.12. The van der Waals surface area contributed by atoms with Crippen molar-refractivity contribution < 1.29 is 13.2 Å². The molecule has 0 atom stereocenters. The van der Waals surface area contributed by atoms with Gasteiger partial charge in [0.25, 0.3) is 5.91 Å². The number of hydrogen-bond acceptors (Lipinski definition) is 5. The third kappa shape index (κ3) is 5.63. The minimum atomic E-state index is -3.40. The molecule has 6 nitrogen and oxygen atoms in total. The summed E-state index contributed by atoms with van der Waals surface area (Å²) in [5.74, 6) is -0.383. The standard InChI is InChI=1S/C19H18BrN3O3S2/c1-2-28(25,26)23-16-5-3-4-14(11-16)18(24)22-19-21-12-17(27-19)10-13-6-8-15(20)9-7-13/h3-9,11-12,23H,2,10H2,1H3,(H,21,22,24). The van der Waals surface area contributed by atoms with Gasteiger partial charge in [-0.2, -0.15) is 0 Å². The van der Waals surface area contributed by atoms with Crippen molar-refractivity contribution in [1.29, 1.82) is 0 Å². The predicted octanol–water partition coefficient (Wildman–Crippen LogP) is 4.51. The molecule has 0 saturated carbocycles. The van der Waals surface area contributed by atoms with Crippen LogP contribution in [0.4, 0.5) is 10.8 Å². The zero-order valence-corrected chi connectivity index (χ0v) is 18.2. The van der Waals surface area contributed by atoms with Gasteiger partial charge in [0.05, 0.1) is 5.75 Å². The van der Waals surface area contributed by atoms with Crippen molar-refractivity contribution in [2.24, 2.45) is 0 Å². The molecule has 3 rings (SSSR count). The van der Waals surface area contributed by atoms with E-state index < -0.39 is 10.0 Å². The highest BCUT2D eigenvalue weighted by Crippen LogP contribution is 2.23. The molecule has 3 aromatic rings. The number of halogens is 1. The fourth-order valence-corrected chi connectivity index (χ4v) is 4.13. The zero-order valence-electron chi connectivity index (χ0n) is 15.0. The molecule has 0 aliphatic carbocycles. The largest absolute Gasteiger partial charge is 0.298 e. The summed E-state index contributed by atoms with van der Waals surface area (Å²) in [7, 11) is -3.40. The van der Waals surface area contributed by atoms with Gasteiger partial charge in [0.15, 0.2) is 5.13 Å². The van der Waals surface area contributed by atoms with Gasteiger partial charge in [-0.25, -0.2) is 13.4 Å². The van der Waals surface area contributed by atoms with Gasteiger partial charge in [-0.3, -0.25) is 14.8 Å². The summed E-state index contributed by atoms with van der Waals surface area (Å²) in [6.07, 6.45) is 2.48. The number of amides is 1. The molecular weight excluding hydrogens is 462 g/mol. The molecule has 9 heteroatoms. The number of carbonyl (C=O) groups excluding carboxylic acids is 1. The van der Waals surface area contributed by atoms with E-state index in [2.05, 4.69) is 31.0 Å². The molecule has 146 valence electrons. The molecule has 0 aliphatic rings. The van der Waals surface area contributed by atoms with Gasteiger partial charge in [-0.1, -0.05) is 34.1 Å². The third-order valence-corrected chi connectivity index (χ3v) is 6.59. The van der Waals surface area contributed by atoms with Crippen LogP contribution in [0.5, 0.6) is 0 Å². The summed E-state index contributed by atoms with van der Waals surface area (Å²) >= 11 is 4.82. The van der Waals surface area contributed by atoms with Gasteiger partial charge < -0.3 is 0 Å². The summed E-state index contributed by atoms with van der Waals surface area (Å²) in [5, 5.41) is 3.26. The maximum absolute atomic E-state index is 12.5. The molecule has 28 heavy (non-hydrogen) atoms. The van der Waals surface area contributed by atoms with E-state index in [4.69, 9.17) is 0 Å². The number of sulfonamides is 1. The molecule has 0 saturated heterocycles. The summed E-state index contributed by atoms with van der Waals surface area (Å²) in [6.45, 7) is 1.55. The van der Waals surface area contributed by atoms with Gasteiger partial charge in [0, 0.05) is 33.2 Å². The molecule has 0 radical (unpaired) electrons. The molecule has 0 bridgehead atoms. The number of nitrogens with zero attached hydrogens (tertiary/aromatic N) is 1. The van der Waals surface area contributed by atoms with Crippen molar-refractivity contribution in [2.75, 3.05) is 15.8 Å². The number of anilines is 2. The Bertz CT molecular complexity index is 1080. The lowest BCUT2D eigenvalue weighted by Gasteiger charge is -2.07. The fourth-order valence-electron chi connectivity index (χ4n) is 2.40. The second kappa shape index (κ2) is 8.85.